The van der Waals surface area contributed by atoms with Gasteiger partial charge in [-0.2, -0.15) is 0 Å². The van der Waals surface area contributed by atoms with Crippen molar-refractivity contribution in [3.63, 3.8) is 0 Å². The number of unbranched alkanes of at least 4 members (excludes halogenated alkanes) is 18. The first-order chi connectivity index (χ1) is 25.3. The summed E-state index contributed by atoms with van der Waals surface area (Å²) in [5.74, 6) is 1.84. The minimum Gasteiger partial charge on any atom is -0.457 e. The quantitative estimate of drug-likeness (QED) is 0.0464. The van der Waals surface area contributed by atoms with E-state index in [-0.39, 0.29) is 12.2 Å². The largest absolute Gasteiger partial charge is 0.457 e. The van der Waals surface area contributed by atoms with E-state index in [9.17, 15) is 0 Å². The first-order valence-corrected chi connectivity index (χ1v) is 21.1. The molecule has 2 aliphatic rings. The van der Waals surface area contributed by atoms with E-state index in [4.69, 9.17) is 14.2 Å². The molecule has 0 saturated carbocycles. The van der Waals surface area contributed by atoms with Crippen LogP contribution < -0.4 is 4.74 Å². The molecule has 0 amide bonds. The third-order valence-corrected chi connectivity index (χ3v) is 10.2. The molecule has 2 aromatic carbocycles. The van der Waals surface area contributed by atoms with Crippen molar-refractivity contribution < 1.29 is 14.2 Å². The van der Waals surface area contributed by atoms with Crippen LogP contribution in [0.2, 0.25) is 0 Å². The van der Waals surface area contributed by atoms with Crippen LogP contribution in [0.25, 0.3) is 12.2 Å². The zero-order valence-corrected chi connectivity index (χ0v) is 32.4. The summed E-state index contributed by atoms with van der Waals surface area (Å²) >= 11 is 0. The molecule has 0 spiro atoms. The van der Waals surface area contributed by atoms with Gasteiger partial charge in [0.25, 0.3) is 0 Å². The van der Waals surface area contributed by atoms with E-state index in [1.807, 2.05) is 0 Å². The molecule has 2 atom stereocenters. The minimum absolute atomic E-state index is 0.278. The van der Waals surface area contributed by atoms with Gasteiger partial charge in [-0.15, -0.1) is 0 Å². The van der Waals surface area contributed by atoms with Gasteiger partial charge in [0.05, 0.1) is 25.4 Å². The summed E-state index contributed by atoms with van der Waals surface area (Å²) in [7, 11) is 0. The third kappa shape index (κ3) is 17.9. The van der Waals surface area contributed by atoms with E-state index in [1.165, 1.54) is 138 Å². The van der Waals surface area contributed by atoms with E-state index in [1.54, 1.807) is 0 Å². The second-order valence-electron chi connectivity index (χ2n) is 14.9. The first kappa shape index (κ1) is 40.9. The van der Waals surface area contributed by atoms with Crippen molar-refractivity contribution in [1.29, 1.82) is 0 Å². The van der Waals surface area contributed by atoms with Gasteiger partial charge in [-0.05, 0) is 48.9 Å². The molecule has 2 unspecified atom stereocenters. The van der Waals surface area contributed by atoms with Crippen LogP contribution in [0.15, 0.2) is 72.9 Å². The Morgan fingerprint density at radius 3 is 1.25 bits per heavy atom. The summed E-state index contributed by atoms with van der Waals surface area (Å²) in [6.07, 6.45) is 47.2. The Morgan fingerprint density at radius 1 is 0.510 bits per heavy atom. The average Bonchev–Trinajstić information content (AvgIpc) is 4.09. The molecule has 2 heterocycles. The zero-order chi connectivity index (χ0) is 35.6. The summed E-state index contributed by atoms with van der Waals surface area (Å²) < 4.78 is 18.2. The molecule has 2 fully saturated rings. The van der Waals surface area contributed by atoms with Crippen molar-refractivity contribution >= 4 is 12.2 Å². The number of ether oxygens (including phenoxy) is 3. The Labute approximate surface area is 312 Å². The fourth-order valence-electron chi connectivity index (χ4n) is 6.86. The molecule has 0 radical (unpaired) electrons. The number of hydrogen-bond donors (Lipinski definition) is 0. The normalized spacial score (nSPS) is 17.1. The molecule has 0 N–H and O–H groups in total. The van der Waals surface area contributed by atoms with Crippen molar-refractivity contribution in [1.82, 2.24) is 0 Å². The molecule has 3 nitrogen and oxygen atoms in total. The highest BCUT2D eigenvalue weighted by Gasteiger charge is 2.28. The van der Waals surface area contributed by atoms with Gasteiger partial charge in [0.1, 0.15) is 11.5 Å². The monoisotopic (exact) mass is 695 g/mol. The van der Waals surface area contributed by atoms with Crippen LogP contribution in [0.1, 0.15) is 165 Å². The van der Waals surface area contributed by atoms with E-state index in [2.05, 4.69) is 98.9 Å². The van der Waals surface area contributed by atoms with Crippen LogP contribution in [-0.2, 0) is 22.3 Å². The molecular formula is C48H70O3. The summed E-state index contributed by atoms with van der Waals surface area (Å²) in [6.45, 7) is 6.23. The smallest absolute Gasteiger partial charge is 0.131 e. The predicted octanol–water partition coefficient (Wildman–Crippen LogP) is 14.3. The number of rotatable bonds is 30. The molecular weight excluding hydrogens is 625 g/mol. The van der Waals surface area contributed by atoms with Gasteiger partial charge in [0.2, 0.25) is 0 Å². The molecule has 0 bridgehead atoms. The molecule has 51 heavy (non-hydrogen) atoms. The Morgan fingerprint density at radius 2 is 0.882 bits per heavy atom. The Balaban J connectivity index is 1.29. The van der Waals surface area contributed by atoms with Crippen LogP contribution in [0.3, 0.4) is 0 Å². The van der Waals surface area contributed by atoms with Crippen molar-refractivity contribution in [2.45, 2.75) is 167 Å². The second-order valence-corrected chi connectivity index (χ2v) is 14.9. The van der Waals surface area contributed by atoms with Crippen LogP contribution in [-0.4, -0.2) is 25.4 Å². The van der Waals surface area contributed by atoms with Gasteiger partial charge in [-0.3, -0.25) is 0 Å². The maximum Gasteiger partial charge on any atom is 0.131 e. The molecule has 2 saturated heterocycles. The maximum atomic E-state index is 6.80. The lowest BCUT2D eigenvalue weighted by atomic mass is 9.99. The Kier molecular flexibility index (Phi) is 20.8. The SMILES string of the molecule is CCCCCCCCCCCC=CC=Cc1cccc(Oc2cccc(C=CC=CCCCCCCCCCCC)c2CC2CO2)c1CC1CO1. The molecule has 3 heteroatoms. The lowest BCUT2D eigenvalue weighted by Crippen LogP contribution is -2.03. The molecule has 2 aliphatic heterocycles. The lowest BCUT2D eigenvalue weighted by molar-refractivity contribution is 0.398. The number of allylic oxidation sites excluding steroid dienone is 6. The molecule has 0 aliphatic carbocycles. The highest BCUT2D eigenvalue weighted by Crippen LogP contribution is 2.36. The van der Waals surface area contributed by atoms with Crippen LogP contribution in [0.5, 0.6) is 11.5 Å². The van der Waals surface area contributed by atoms with Crippen molar-refractivity contribution in [3.05, 3.63) is 95.1 Å². The van der Waals surface area contributed by atoms with Gasteiger partial charge < -0.3 is 14.2 Å². The standard InChI is InChI=1S/C48H70O3/c1-3-5-7-9-11-13-15-17-19-21-23-25-27-31-41-33-29-35-47(45(41)37-43-39-49-43)51-48-36-30-34-42(46(48)38-44-40-50-44)32-28-26-24-22-20-18-16-14-12-10-8-6-4-2/h23-36,43-44H,3-22,37-40H2,1-2H3. The average molecular weight is 695 g/mol. The summed E-state index contributed by atoms with van der Waals surface area (Å²) in [5.41, 5.74) is 4.85. The van der Waals surface area contributed by atoms with Crippen LogP contribution in [0.4, 0.5) is 0 Å². The van der Waals surface area contributed by atoms with Gasteiger partial charge in [0, 0.05) is 24.0 Å². The zero-order valence-electron chi connectivity index (χ0n) is 32.4. The van der Waals surface area contributed by atoms with Gasteiger partial charge in [0.15, 0.2) is 0 Å². The topological polar surface area (TPSA) is 34.3 Å². The van der Waals surface area contributed by atoms with E-state index < -0.39 is 0 Å². The lowest BCUT2D eigenvalue weighted by Gasteiger charge is -2.17. The van der Waals surface area contributed by atoms with Crippen LogP contribution >= 0.6 is 0 Å². The molecule has 280 valence electrons. The van der Waals surface area contributed by atoms with Gasteiger partial charge in [-0.1, -0.05) is 189 Å². The number of benzene rings is 2. The highest BCUT2D eigenvalue weighted by atomic mass is 16.6. The first-order valence-electron chi connectivity index (χ1n) is 21.1. The second kappa shape index (κ2) is 26.0. The van der Waals surface area contributed by atoms with Crippen LogP contribution in [0, 0.1) is 0 Å². The Bertz CT molecular complexity index is 1220. The maximum absolute atomic E-state index is 6.80. The van der Waals surface area contributed by atoms with E-state index in [0.29, 0.717) is 0 Å². The van der Waals surface area contributed by atoms with Crippen molar-refractivity contribution in [2.24, 2.45) is 0 Å². The molecule has 0 aromatic heterocycles. The summed E-state index contributed by atoms with van der Waals surface area (Å²) in [6, 6.07) is 12.9. The molecule has 4 rings (SSSR count). The van der Waals surface area contributed by atoms with E-state index >= 15 is 0 Å². The van der Waals surface area contributed by atoms with E-state index in [0.717, 1.165) is 50.4 Å². The van der Waals surface area contributed by atoms with Crippen molar-refractivity contribution in [3.8, 4) is 11.5 Å². The van der Waals surface area contributed by atoms with Crippen molar-refractivity contribution in [2.75, 3.05) is 13.2 Å². The summed E-state index contributed by atoms with van der Waals surface area (Å²) in [5, 5.41) is 0. The van der Waals surface area contributed by atoms with Gasteiger partial charge in [-0.25, -0.2) is 0 Å². The minimum atomic E-state index is 0.278. The fraction of sp³-hybridized carbons (Fsp3) is 0.583. The Hall–Kier alpha value is -2.88. The predicted molar refractivity (Wildman–Crippen MR) is 220 cm³/mol. The highest BCUT2D eigenvalue weighted by molar-refractivity contribution is 5.62. The number of epoxide rings is 2. The number of hydrogen-bond acceptors (Lipinski definition) is 3. The van der Waals surface area contributed by atoms with Gasteiger partial charge >= 0.3 is 0 Å². The third-order valence-electron chi connectivity index (χ3n) is 10.2. The summed E-state index contributed by atoms with van der Waals surface area (Å²) in [4.78, 5) is 0. The molecule has 2 aromatic rings. The fourth-order valence-corrected chi connectivity index (χ4v) is 6.86.